The largest absolute Gasteiger partial charge is 0.506 e. The molecular formula is C16H15BrN2O4. The predicted molar refractivity (Wildman–Crippen MR) is 88.0 cm³/mol. The minimum absolute atomic E-state index is 0.0692. The van der Waals surface area contributed by atoms with E-state index in [1.54, 1.807) is 18.2 Å². The summed E-state index contributed by atoms with van der Waals surface area (Å²) in [4.78, 5) is 25.0. The van der Waals surface area contributed by atoms with Gasteiger partial charge < -0.3 is 10.0 Å². The maximum Gasteiger partial charge on any atom is 0.252 e. The van der Waals surface area contributed by atoms with Crippen molar-refractivity contribution < 1.29 is 19.9 Å². The second-order valence-corrected chi connectivity index (χ2v) is 5.73. The van der Waals surface area contributed by atoms with Crippen molar-refractivity contribution in [1.82, 2.24) is 5.48 Å². The molecule has 2 amide bonds. The Morgan fingerprint density at radius 2 is 1.87 bits per heavy atom. The van der Waals surface area contributed by atoms with Crippen LogP contribution in [0.4, 0.5) is 5.69 Å². The standard InChI is InChI=1S/C16H15BrN2O4/c17-12-5-3-4-11(8-12)10-19(16(22)9-15(21)18-23)13-6-1-2-7-14(13)20/h1-8,20,23H,9-10H2,(H,18,21). The molecule has 0 heterocycles. The van der Waals surface area contributed by atoms with Gasteiger partial charge in [0.15, 0.2) is 0 Å². The number of anilines is 1. The number of hydrogen-bond acceptors (Lipinski definition) is 4. The number of halogens is 1. The van der Waals surface area contributed by atoms with Gasteiger partial charge in [-0.05, 0) is 29.8 Å². The molecule has 0 unspecified atom stereocenters. The van der Waals surface area contributed by atoms with E-state index < -0.39 is 18.2 Å². The lowest BCUT2D eigenvalue weighted by molar-refractivity contribution is -0.133. The molecule has 0 spiro atoms. The van der Waals surface area contributed by atoms with Crippen LogP contribution in [0.3, 0.4) is 0 Å². The first-order valence-corrected chi connectivity index (χ1v) is 7.56. The predicted octanol–water partition coefficient (Wildman–Crippen LogP) is 2.58. The molecule has 7 heteroatoms. The van der Waals surface area contributed by atoms with Crippen LogP contribution in [0.5, 0.6) is 5.75 Å². The Bertz CT molecular complexity index is 721. The van der Waals surface area contributed by atoms with Crippen molar-refractivity contribution in [2.75, 3.05) is 4.90 Å². The van der Waals surface area contributed by atoms with Crippen molar-refractivity contribution in [3.05, 3.63) is 58.6 Å². The third-order valence-electron chi connectivity index (χ3n) is 3.14. The Hall–Kier alpha value is -2.38. The van der Waals surface area contributed by atoms with E-state index in [9.17, 15) is 14.7 Å². The van der Waals surface area contributed by atoms with E-state index in [-0.39, 0.29) is 12.3 Å². The van der Waals surface area contributed by atoms with Crippen LogP contribution in [0.1, 0.15) is 12.0 Å². The molecule has 0 aliphatic heterocycles. The van der Waals surface area contributed by atoms with Gasteiger partial charge in [-0.2, -0.15) is 0 Å². The van der Waals surface area contributed by atoms with E-state index in [2.05, 4.69) is 15.9 Å². The maximum atomic E-state index is 12.4. The average molecular weight is 379 g/mol. The van der Waals surface area contributed by atoms with Gasteiger partial charge in [0.25, 0.3) is 5.91 Å². The molecule has 0 atom stereocenters. The number of rotatable bonds is 5. The molecule has 0 aromatic heterocycles. The molecule has 0 radical (unpaired) electrons. The highest BCUT2D eigenvalue weighted by atomic mass is 79.9. The lowest BCUT2D eigenvalue weighted by Gasteiger charge is -2.23. The monoisotopic (exact) mass is 378 g/mol. The number of phenolic OH excluding ortho intramolecular Hbond substituents is 1. The third-order valence-corrected chi connectivity index (χ3v) is 3.63. The summed E-state index contributed by atoms with van der Waals surface area (Å²) >= 11 is 3.36. The van der Waals surface area contributed by atoms with Gasteiger partial charge >= 0.3 is 0 Å². The van der Waals surface area contributed by atoms with E-state index in [0.717, 1.165) is 10.0 Å². The van der Waals surface area contributed by atoms with Gasteiger partial charge in [0.1, 0.15) is 12.2 Å². The Morgan fingerprint density at radius 3 is 2.52 bits per heavy atom. The summed E-state index contributed by atoms with van der Waals surface area (Å²) in [7, 11) is 0. The Balaban J connectivity index is 2.33. The van der Waals surface area contributed by atoms with E-state index in [1.807, 2.05) is 24.3 Å². The smallest absolute Gasteiger partial charge is 0.252 e. The zero-order valence-electron chi connectivity index (χ0n) is 12.1. The van der Waals surface area contributed by atoms with Crippen molar-refractivity contribution in [2.45, 2.75) is 13.0 Å². The SMILES string of the molecule is O=C(CC(=O)N(Cc1cccc(Br)c1)c1ccccc1O)NO. The third kappa shape index (κ3) is 4.54. The molecule has 120 valence electrons. The van der Waals surface area contributed by atoms with Gasteiger partial charge in [0, 0.05) is 4.47 Å². The van der Waals surface area contributed by atoms with Crippen molar-refractivity contribution in [1.29, 1.82) is 0 Å². The molecule has 0 fully saturated rings. The summed E-state index contributed by atoms with van der Waals surface area (Å²) in [5, 5.41) is 18.6. The van der Waals surface area contributed by atoms with Crippen LogP contribution in [0, 0.1) is 0 Å². The van der Waals surface area contributed by atoms with Gasteiger partial charge in [-0.1, -0.05) is 40.2 Å². The van der Waals surface area contributed by atoms with Crippen LogP contribution in [0.25, 0.3) is 0 Å². The summed E-state index contributed by atoms with van der Waals surface area (Å²) in [5.41, 5.74) is 2.55. The highest BCUT2D eigenvalue weighted by molar-refractivity contribution is 9.10. The molecule has 3 N–H and O–H groups in total. The quantitative estimate of drug-likeness (QED) is 0.423. The second-order valence-electron chi connectivity index (χ2n) is 4.81. The first kappa shape index (κ1) is 17.0. The number of benzene rings is 2. The molecule has 2 aromatic carbocycles. The average Bonchev–Trinajstić information content (AvgIpc) is 2.53. The molecule has 0 aliphatic rings. The molecule has 0 bridgehead atoms. The van der Waals surface area contributed by atoms with Crippen LogP contribution in [0.2, 0.25) is 0 Å². The number of carbonyl (C=O) groups is 2. The summed E-state index contributed by atoms with van der Waals surface area (Å²) in [5.74, 6) is -1.43. The summed E-state index contributed by atoms with van der Waals surface area (Å²) in [6, 6.07) is 13.7. The van der Waals surface area contributed by atoms with Crippen LogP contribution < -0.4 is 10.4 Å². The van der Waals surface area contributed by atoms with Crippen LogP contribution >= 0.6 is 15.9 Å². The fraction of sp³-hybridized carbons (Fsp3) is 0.125. The first-order chi connectivity index (χ1) is 11.0. The Labute approximate surface area is 141 Å². The zero-order chi connectivity index (χ0) is 16.8. The van der Waals surface area contributed by atoms with Crippen molar-refractivity contribution in [3.63, 3.8) is 0 Å². The fourth-order valence-electron chi connectivity index (χ4n) is 2.09. The van der Waals surface area contributed by atoms with Crippen molar-refractivity contribution in [2.24, 2.45) is 0 Å². The molecule has 23 heavy (non-hydrogen) atoms. The van der Waals surface area contributed by atoms with Gasteiger partial charge in [-0.3, -0.25) is 14.8 Å². The van der Waals surface area contributed by atoms with Gasteiger partial charge in [0.05, 0.1) is 12.2 Å². The summed E-state index contributed by atoms with van der Waals surface area (Å²) < 4.78 is 0.854. The lowest BCUT2D eigenvalue weighted by Crippen LogP contribution is -2.34. The molecule has 6 nitrogen and oxygen atoms in total. The molecule has 0 aliphatic carbocycles. The lowest BCUT2D eigenvalue weighted by atomic mass is 10.1. The molecule has 0 saturated heterocycles. The molecule has 2 rings (SSSR count). The van der Waals surface area contributed by atoms with Gasteiger partial charge in [-0.25, -0.2) is 5.48 Å². The van der Waals surface area contributed by atoms with E-state index in [1.165, 1.54) is 16.4 Å². The summed E-state index contributed by atoms with van der Waals surface area (Å²) in [6.45, 7) is 0.175. The number of hydroxylamine groups is 1. The maximum absolute atomic E-state index is 12.4. The number of nitrogens with zero attached hydrogens (tertiary/aromatic N) is 1. The summed E-state index contributed by atoms with van der Waals surface area (Å²) in [6.07, 6.45) is -0.529. The van der Waals surface area contributed by atoms with Crippen LogP contribution in [-0.2, 0) is 16.1 Å². The van der Waals surface area contributed by atoms with Crippen LogP contribution in [0.15, 0.2) is 53.0 Å². The normalized spacial score (nSPS) is 10.2. The fourth-order valence-corrected chi connectivity index (χ4v) is 2.54. The molecular weight excluding hydrogens is 364 g/mol. The Kier molecular flexibility index (Phi) is 5.72. The van der Waals surface area contributed by atoms with Gasteiger partial charge in [-0.15, -0.1) is 0 Å². The number of hydrogen-bond donors (Lipinski definition) is 3. The number of aromatic hydroxyl groups is 1. The van der Waals surface area contributed by atoms with Crippen LogP contribution in [-0.4, -0.2) is 22.1 Å². The topological polar surface area (TPSA) is 89.9 Å². The number of amides is 2. The van der Waals surface area contributed by atoms with Gasteiger partial charge in [0.2, 0.25) is 5.91 Å². The molecule has 2 aromatic rings. The van der Waals surface area contributed by atoms with E-state index >= 15 is 0 Å². The number of phenols is 1. The highest BCUT2D eigenvalue weighted by Crippen LogP contribution is 2.29. The highest BCUT2D eigenvalue weighted by Gasteiger charge is 2.21. The van der Waals surface area contributed by atoms with Crippen molar-refractivity contribution >= 4 is 33.4 Å². The number of carbonyl (C=O) groups excluding carboxylic acids is 2. The van der Waals surface area contributed by atoms with E-state index in [0.29, 0.717) is 5.69 Å². The van der Waals surface area contributed by atoms with Crippen molar-refractivity contribution in [3.8, 4) is 5.75 Å². The second kappa shape index (κ2) is 7.75. The zero-order valence-corrected chi connectivity index (χ0v) is 13.7. The first-order valence-electron chi connectivity index (χ1n) is 6.77. The minimum atomic E-state index is -0.815. The minimum Gasteiger partial charge on any atom is -0.506 e. The Morgan fingerprint density at radius 1 is 1.13 bits per heavy atom. The molecule has 0 saturated carbocycles. The van der Waals surface area contributed by atoms with E-state index in [4.69, 9.17) is 5.21 Å². The number of para-hydroxylation sites is 2. The number of nitrogens with one attached hydrogen (secondary N) is 1.